The van der Waals surface area contributed by atoms with Gasteiger partial charge in [0.15, 0.2) is 5.82 Å². The third-order valence-corrected chi connectivity index (χ3v) is 5.10. The lowest BCUT2D eigenvalue weighted by Gasteiger charge is -2.22. The van der Waals surface area contributed by atoms with Crippen molar-refractivity contribution in [2.75, 3.05) is 10.7 Å². The molecule has 1 unspecified atom stereocenters. The van der Waals surface area contributed by atoms with Gasteiger partial charge in [-0.3, -0.25) is 9.69 Å². The number of anilines is 1. The Balaban J connectivity index is 2.03. The zero-order valence-corrected chi connectivity index (χ0v) is 14.5. The summed E-state index contributed by atoms with van der Waals surface area (Å²) in [5.74, 6) is 0.708. The number of hydrogen-bond donors (Lipinski definition) is 0. The van der Waals surface area contributed by atoms with Gasteiger partial charge in [-0.05, 0) is 12.1 Å². The number of rotatable bonds is 2. The summed E-state index contributed by atoms with van der Waals surface area (Å²) in [7, 11) is 0. The molecule has 1 aliphatic heterocycles. The average molecular weight is 355 g/mol. The SMILES string of the molecule is CC(C)(C)c1cc(N2C(=O)CSC2c2c(F)cccc2Cl)no1. The van der Waals surface area contributed by atoms with Gasteiger partial charge in [0.2, 0.25) is 5.91 Å². The van der Waals surface area contributed by atoms with Crippen LogP contribution in [0, 0.1) is 5.82 Å². The summed E-state index contributed by atoms with van der Waals surface area (Å²) in [5, 5.41) is 3.75. The Morgan fingerprint density at radius 2 is 2.17 bits per heavy atom. The van der Waals surface area contributed by atoms with Crippen LogP contribution in [0.1, 0.15) is 37.5 Å². The van der Waals surface area contributed by atoms with Crippen molar-refractivity contribution in [2.24, 2.45) is 0 Å². The molecule has 2 aromatic rings. The molecular weight excluding hydrogens is 339 g/mol. The Hall–Kier alpha value is -1.53. The number of carbonyl (C=O) groups is 1. The highest BCUT2D eigenvalue weighted by Gasteiger charge is 2.39. The maximum atomic E-state index is 14.2. The number of benzene rings is 1. The predicted molar refractivity (Wildman–Crippen MR) is 89.3 cm³/mol. The van der Waals surface area contributed by atoms with E-state index in [-0.39, 0.29) is 17.1 Å². The topological polar surface area (TPSA) is 46.3 Å². The number of amides is 1. The van der Waals surface area contributed by atoms with Crippen molar-refractivity contribution in [3.8, 4) is 0 Å². The van der Waals surface area contributed by atoms with Crippen LogP contribution in [-0.2, 0) is 10.2 Å². The van der Waals surface area contributed by atoms with E-state index in [4.69, 9.17) is 16.1 Å². The lowest BCUT2D eigenvalue weighted by Crippen LogP contribution is -2.28. The second kappa shape index (κ2) is 5.83. The van der Waals surface area contributed by atoms with Gasteiger partial charge in [-0.2, -0.15) is 0 Å². The van der Waals surface area contributed by atoms with Gasteiger partial charge >= 0.3 is 0 Å². The van der Waals surface area contributed by atoms with Crippen LogP contribution in [0.25, 0.3) is 0 Å². The fraction of sp³-hybridized carbons (Fsp3) is 0.375. The van der Waals surface area contributed by atoms with Crippen molar-refractivity contribution in [3.05, 3.63) is 46.4 Å². The third kappa shape index (κ3) is 2.97. The monoisotopic (exact) mass is 354 g/mol. The summed E-state index contributed by atoms with van der Waals surface area (Å²) in [6.45, 7) is 5.97. The molecule has 1 saturated heterocycles. The molecule has 1 aromatic heterocycles. The fourth-order valence-corrected chi connectivity index (χ4v) is 3.92. The first-order chi connectivity index (χ1) is 10.8. The molecule has 1 amide bonds. The highest BCUT2D eigenvalue weighted by atomic mass is 35.5. The van der Waals surface area contributed by atoms with Gasteiger partial charge < -0.3 is 4.52 Å². The van der Waals surface area contributed by atoms with Gasteiger partial charge in [0, 0.05) is 22.1 Å². The molecule has 0 spiro atoms. The number of carbonyl (C=O) groups excluding carboxylic acids is 1. The van der Waals surface area contributed by atoms with Crippen LogP contribution in [-0.4, -0.2) is 16.8 Å². The molecule has 7 heteroatoms. The summed E-state index contributed by atoms with van der Waals surface area (Å²) < 4.78 is 19.6. The molecule has 23 heavy (non-hydrogen) atoms. The summed E-state index contributed by atoms with van der Waals surface area (Å²) in [6.07, 6.45) is 0. The first-order valence-electron chi connectivity index (χ1n) is 7.14. The molecule has 122 valence electrons. The summed E-state index contributed by atoms with van der Waals surface area (Å²) in [4.78, 5) is 13.7. The zero-order valence-electron chi connectivity index (χ0n) is 13.0. The quantitative estimate of drug-likeness (QED) is 0.794. The molecule has 1 aromatic carbocycles. The van der Waals surface area contributed by atoms with Crippen molar-refractivity contribution in [3.63, 3.8) is 0 Å². The molecular formula is C16H16ClFN2O2S. The minimum Gasteiger partial charge on any atom is -0.359 e. The lowest BCUT2D eigenvalue weighted by molar-refractivity contribution is -0.115. The van der Waals surface area contributed by atoms with Crippen LogP contribution in [0.15, 0.2) is 28.8 Å². The van der Waals surface area contributed by atoms with E-state index in [0.717, 1.165) is 0 Å². The Morgan fingerprint density at radius 1 is 1.43 bits per heavy atom. The molecule has 2 heterocycles. The van der Waals surface area contributed by atoms with Gasteiger partial charge in [0.05, 0.1) is 5.75 Å². The highest BCUT2D eigenvalue weighted by molar-refractivity contribution is 8.00. The van der Waals surface area contributed by atoms with E-state index in [1.165, 1.54) is 22.7 Å². The molecule has 3 rings (SSSR count). The van der Waals surface area contributed by atoms with E-state index < -0.39 is 11.2 Å². The third-order valence-electron chi connectivity index (χ3n) is 3.60. The molecule has 0 saturated carbocycles. The van der Waals surface area contributed by atoms with Gasteiger partial charge in [0.25, 0.3) is 0 Å². The molecule has 0 aliphatic carbocycles. The van der Waals surface area contributed by atoms with Crippen LogP contribution in [0.3, 0.4) is 0 Å². The summed E-state index contributed by atoms with van der Waals surface area (Å²) >= 11 is 7.47. The second-order valence-corrected chi connectivity index (χ2v) is 7.84. The smallest absolute Gasteiger partial charge is 0.239 e. The van der Waals surface area contributed by atoms with E-state index >= 15 is 0 Å². The number of hydrogen-bond acceptors (Lipinski definition) is 4. The molecule has 4 nitrogen and oxygen atoms in total. The minimum absolute atomic E-state index is 0.145. The van der Waals surface area contributed by atoms with E-state index in [1.807, 2.05) is 20.8 Å². The Kier molecular flexibility index (Phi) is 4.14. The van der Waals surface area contributed by atoms with Crippen LogP contribution in [0.4, 0.5) is 10.2 Å². The first kappa shape index (κ1) is 16.3. The highest BCUT2D eigenvalue weighted by Crippen LogP contribution is 2.45. The Morgan fingerprint density at radius 3 is 2.78 bits per heavy atom. The Labute approximate surface area is 143 Å². The summed E-state index contributed by atoms with van der Waals surface area (Å²) in [5.41, 5.74) is 0.0667. The standard InChI is InChI=1S/C16H16ClFN2O2S/c1-16(2,3)11-7-12(19-22-11)20-13(21)8-23-15(20)14-9(17)5-4-6-10(14)18/h4-7,15H,8H2,1-3H3. The van der Waals surface area contributed by atoms with Gasteiger partial charge in [-0.1, -0.05) is 43.6 Å². The predicted octanol–water partition coefficient (Wildman–Crippen LogP) is 4.54. The zero-order chi connectivity index (χ0) is 16.8. The van der Waals surface area contributed by atoms with Crippen LogP contribution in [0.2, 0.25) is 5.02 Å². The van der Waals surface area contributed by atoms with Gasteiger partial charge in [-0.15, -0.1) is 11.8 Å². The first-order valence-corrected chi connectivity index (χ1v) is 8.56. The number of aromatic nitrogens is 1. The van der Waals surface area contributed by atoms with Crippen LogP contribution < -0.4 is 4.90 Å². The normalized spacial score (nSPS) is 18.7. The molecule has 1 aliphatic rings. The number of nitrogens with zero attached hydrogens (tertiary/aromatic N) is 2. The van der Waals surface area contributed by atoms with Crippen molar-refractivity contribution in [1.82, 2.24) is 5.16 Å². The maximum absolute atomic E-state index is 14.2. The number of thioether (sulfide) groups is 1. The molecule has 1 atom stereocenters. The van der Waals surface area contributed by atoms with Crippen molar-refractivity contribution in [2.45, 2.75) is 31.6 Å². The summed E-state index contributed by atoms with van der Waals surface area (Å²) in [6, 6.07) is 6.23. The number of halogens is 2. The van der Waals surface area contributed by atoms with E-state index in [9.17, 15) is 9.18 Å². The van der Waals surface area contributed by atoms with Crippen molar-refractivity contribution in [1.29, 1.82) is 0 Å². The largest absolute Gasteiger partial charge is 0.359 e. The molecule has 0 radical (unpaired) electrons. The average Bonchev–Trinajstić information content (AvgIpc) is 3.05. The van der Waals surface area contributed by atoms with Gasteiger partial charge in [-0.25, -0.2) is 4.39 Å². The van der Waals surface area contributed by atoms with Crippen molar-refractivity contribution >= 4 is 35.1 Å². The van der Waals surface area contributed by atoms with Crippen molar-refractivity contribution < 1.29 is 13.7 Å². The van der Waals surface area contributed by atoms with Crippen LogP contribution >= 0.6 is 23.4 Å². The van der Waals surface area contributed by atoms with Gasteiger partial charge in [0.1, 0.15) is 17.0 Å². The second-order valence-electron chi connectivity index (χ2n) is 6.36. The Bertz CT molecular complexity index is 737. The molecule has 0 N–H and O–H groups in total. The fourth-order valence-electron chi connectivity index (χ4n) is 2.36. The van der Waals surface area contributed by atoms with E-state index in [1.54, 1.807) is 18.2 Å². The lowest BCUT2D eigenvalue weighted by atomic mass is 9.93. The minimum atomic E-state index is -0.547. The maximum Gasteiger partial charge on any atom is 0.239 e. The van der Waals surface area contributed by atoms with E-state index in [2.05, 4.69) is 5.16 Å². The van der Waals surface area contributed by atoms with Crippen LogP contribution in [0.5, 0.6) is 0 Å². The molecule has 1 fully saturated rings. The molecule has 0 bridgehead atoms. The van der Waals surface area contributed by atoms with E-state index in [0.29, 0.717) is 22.2 Å².